The van der Waals surface area contributed by atoms with Crippen LogP contribution in [-0.2, 0) is 0 Å². The second-order valence-corrected chi connectivity index (χ2v) is 8.57. The molecule has 3 N–H and O–H groups in total. The standard InChI is InChI=1S/C23H19Br2N3O5/c1-31-17-7-11(8-18(32-2)22(17)33-3)23-27-15-5-4-13(9-16(15)28-23)26-10-12-6-14(24)21(30)19(25)20(12)29/h4-10,29-30H,1-3H3,(H,27,28)/b26-10+. The third-order valence-electron chi connectivity index (χ3n) is 4.96. The number of hydrogen-bond acceptors (Lipinski definition) is 7. The van der Waals surface area contributed by atoms with Crippen molar-refractivity contribution in [3.05, 3.63) is 50.9 Å². The number of H-pyrrole nitrogens is 1. The molecule has 0 aliphatic heterocycles. The number of aromatic hydroxyl groups is 2. The highest BCUT2D eigenvalue weighted by Crippen LogP contribution is 2.42. The van der Waals surface area contributed by atoms with Crippen LogP contribution in [0.4, 0.5) is 5.69 Å². The Morgan fingerprint density at radius 2 is 1.64 bits per heavy atom. The van der Waals surface area contributed by atoms with Crippen LogP contribution in [0, 0.1) is 0 Å². The van der Waals surface area contributed by atoms with E-state index in [4.69, 9.17) is 14.2 Å². The number of halogens is 2. The smallest absolute Gasteiger partial charge is 0.203 e. The summed E-state index contributed by atoms with van der Waals surface area (Å²) in [5.74, 6) is 2.01. The lowest BCUT2D eigenvalue weighted by molar-refractivity contribution is 0.324. The van der Waals surface area contributed by atoms with E-state index in [1.54, 1.807) is 27.4 Å². The molecule has 0 spiro atoms. The molecule has 1 heterocycles. The minimum Gasteiger partial charge on any atom is -0.506 e. The molecule has 0 bridgehead atoms. The van der Waals surface area contributed by atoms with E-state index in [0.29, 0.717) is 44.3 Å². The van der Waals surface area contributed by atoms with Crippen molar-refractivity contribution in [2.24, 2.45) is 4.99 Å². The van der Waals surface area contributed by atoms with Crippen molar-refractivity contribution in [2.75, 3.05) is 21.3 Å². The first-order chi connectivity index (χ1) is 15.9. The fourth-order valence-electron chi connectivity index (χ4n) is 3.29. The fourth-order valence-corrected chi connectivity index (χ4v) is 4.44. The van der Waals surface area contributed by atoms with Gasteiger partial charge >= 0.3 is 0 Å². The minimum atomic E-state index is -0.106. The van der Waals surface area contributed by atoms with Crippen LogP contribution in [0.2, 0.25) is 0 Å². The largest absolute Gasteiger partial charge is 0.506 e. The maximum absolute atomic E-state index is 10.2. The molecule has 0 unspecified atom stereocenters. The fraction of sp³-hybridized carbons (Fsp3) is 0.130. The van der Waals surface area contributed by atoms with E-state index in [1.807, 2.05) is 30.3 Å². The van der Waals surface area contributed by atoms with Crippen molar-refractivity contribution >= 4 is 54.8 Å². The molecule has 4 rings (SSSR count). The Hall–Kier alpha value is -3.24. The van der Waals surface area contributed by atoms with Crippen LogP contribution >= 0.6 is 31.9 Å². The van der Waals surface area contributed by atoms with E-state index < -0.39 is 0 Å². The Morgan fingerprint density at radius 3 is 2.27 bits per heavy atom. The number of aromatic amines is 1. The Bertz CT molecular complexity index is 1360. The second-order valence-electron chi connectivity index (χ2n) is 6.92. The third-order valence-corrected chi connectivity index (χ3v) is 6.31. The predicted octanol–water partition coefficient (Wildman–Crippen LogP) is 5.94. The molecule has 0 aliphatic rings. The quantitative estimate of drug-likeness (QED) is 0.245. The second kappa shape index (κ2) is 9.32. The average Bonchev–Trinajstić information content (AvgIpc) is 3.26. The first-order valence-corrected chi connectivity index (χ1v) is 11.2. The van der Waals surface area contributed by atoms with Crippen molar-refractivity contribution in [3.8, 4) is 40.1 Å². The van der Waals surface area contributed by atoms with Gasteiger partial charge in [0.1, 0.15) is 21.8 Å². The van der Waals surface area contributed by atoms with Gasteiger partial charge in [0.2, 0.25) is 5.75 Å². The number of fused-ring (bicyclic) bond motifs is 1. The lowest BCUT2D eigenvalue weighted by Crippen LogP contribution is -1.96. The number of nitrogens with zero attached hydrogens (tertiary/aromatic N) is 2. The van der Waals surface area contributed by atoms with Crippen LogP contribution in [0.3, 0.4) is 0 Å². The zero-order valence-corrected chi connectivity index (χ0v) is 21.0. The van der Waals surface area contributed by atoms with E-state index in [-0.39, 0.29) is 16.0 Å². The maximum Gasteiger partial charge on any atom is 0.203 e. The number of benzene rings is 3. The van der Waals surface area contributed by atoms with Gasteiger partial charge in [-0.25, -0.2) is 4.98 Å². The number of rotatable bonds is 6. The number of phenolic OH excluding ortho intramolecular Hbond substituents is 2. The number of nitrogens with one attached hydrogen (secondary N) is 1. The summed E-state index contributed by atoms with van der Waals surface area (Å²) < 4.78 is 16.9. The molecule has 4 aromatic rings. The van der Waals surface area contributed by atoms with Crippen LogP contribution in [0.5, 0.6) is 28.7 Å². The predicted molar refractivity (Wildman–Crippen MR) is 134 cm³/mol. The topological polar surface area (TPSA) is 109 Å². The molecule has 0 atom stereocenters. The number of imidazole rings is 1. The molecule has 170 valence electrons. The number of methoxy groups -OCH3 is 3. The molecular formula is C23H19Br2N3O5. The summed E-state index contributed by atoms with van der Waals surface area (Å²) >= 11 is 6.41. The minimum absolute atomic E-state index is 0.0816. The van der Waals surface area contributed by atoms with Gasteiger partial charge in [-0.1, -0.05) is 0 Å². The van der Waals surface area contributed by atoms with Gasteiger partial charge in [-0.15, -0.1) is 0 Å². The molecule has 3 aromatic carbocycles. The van der Waals surface area contributed by atoms with Crippen LogP contribution in [-0.4, -0.2) is 47.7 Å². The van der Waals surface area contributed by atoms with Crippen LogP contribution in [0.1, 0.15) is 5.56 Å². The van der Waals surface area contributed by atoms with Gasteiger partial charge in [-0.2, -0.15) is 0 Å². The molecule has 0 radical (unpaired) electrons. The van der Waals surface area contributed by atoms with E-state index in [1.165, 1.54) is 6.21 Å². The number of aromatic nitrogens is 2. The summed E-state index contributed by atoms with van der Waals surface area (Å²) in [5.41, 5.74) is 3.40. The van der Waals surface area contributed by atoms with E-state index in [0.717, 1.165) is 11.1 Å². The lowest BCUT2D eigenvalue weighted by Gasteiger charge is -2.13. The summed E-state index contributed by atoms with van der Waals surface area (Å²) in [5, 5.41) is 20.1. The molecule has 0 saturated carbocycles. The monoisotopic (exact) mass is 575 g/mol. The van der Waals surface area contributed by atoms with Crippen LogP contribution in [0.15, 0.2) is 50.3 Å². The van der Waals surface area contributed by atoms with Gasteiger partial charge in [0.25, 0.3) is 0 Å². The van der Waals surface area contributed by atoms with E-state index in [9.17, 15) is 10.2 Å². The number of aliphatic imine (C=N–C) groups is 1. The number of ether oxygens (including phenoxy) is 3. The van der Waals surface area contributed by atoms with Gasteiger partial charge in [-0.05, 0) is 68.3 Å². The van der Waals surface area contributed by atoms with Crippen LogP contribution < -0.4 is 14.2 Å². The molecule has 0 fully saturated rings. The van der Waals surface area contributed by atoms with Crippen molar-refractivity contribution in [1.29, 1.82) is 0 Å². The summed E-state index contributed by atoms with van der Waals surface area (Å²) in [6.45, 7) is 0. The van der Waals surface area contributed by atoms with E-state index in [2.05, 4.69) is 46.8 Å². The highest BCUT2D eigenvalue weighted by molar-refractivity contribution is 9.11. The summed E-state index contributed by atoms with van der Waals surface area (Å²) in [6.07, 6.45) is 1.51. The van der Waals surface area contributed by atoms with E-state index >= 15 is 0 Å². The Labute approximate surface area is 206 Å². The first kappa shape index (κ1) is 22.9. The SMILES string of the molecule is COc1cc(-c2nc3cc(/N=C/c4cc(Br)c(O)c(Br)c4O)ccc3[nH]2)cc(OC)c1OC. The van der Waals surface area contributed by atoms with Crippen molar-refractivity contribution < 1.29 is 24.4 Å². The zero-order valence-electron chi connectivity index (χ0n) is 17.8. The van der Waals surface area contributed by atoms with Crippen molar-refractivity contribution in [1.82, 2.24) is 9.97 Å². The molecule has 0 amide bonds. The number of hydrogen-bond donors (Lipinski definition) is 3. The third kappa shape index (κ3) is 4.36. The van der Waals surface area contributed by atoms with Gasteiger partial charge < -0.3 is 29.4 Å². The highest BCUT2D eigenvalue weighted by atomic mass is 79.9. The molecule has 1 aromatic heterocycles. The lowest BCUT2D eigenvalue weighted by atomic mass is 10.1. The highest BCUT2D eigenvalue weighted by Gasteiger charge is 2.16. The Kier molecular flexibility index (Phi) is 6.48. The summed E-state index contributed by atoms with van der Waals surface area (Å²) in [6, 6.07) is 10.7. The van der Waals surface area contributed by atoms with Gasteiger partial charge in [0.15, 0.2) is 11.5 Å². The van der Waals surface area contributed by atoms with Gasteiger partial charge in [0, 0.05) is 17.3 Å². The normalized spacial score (nSPS) is 11.3. The number of phenols is 2. The molecule has 0 saturated heterocycles. The Morgan fingerprint density at radius 1 is 0.939 bits per heavy atom. The van der Waals surface area contributed by atoms with Crippen molar-refractivity contribution in [3.63, 3.8) is 0 Å². The van der Waals surface area contributed by atoms with Crippen LogP contribution in [0.25, 0.3) is 22.4 Å². The maximum atomic E-state index is 10.2. The summed E-state index contributed by atoms with van der Waals surface area (Å²) in [7, 11) is 4.68. The summed E-state index contributed by atoms with van der Waals surface area (Å²) in [4.78, 5) is 12.4. The van der Waals surface area contributed by atoms with Gasteiger partial charge in [0.05, 0.1) is 42.5 Å². The zero-order chi connectivity index (χ0) is 23.7. The first-order valence-electron chi connectivity index (χ1n) is 9.60. The molecule has 10 heteroatoms. The van der Waals surface area contributed by atoms with Crippen molar-refractivity contribution in [2.45, 2.75) is 0 Å². The Balaban J connectivity index is 1.70. The average molecular weight is 577 g/mol. The molecular weight excluding hydrogens is 558 g/mol. The molecule has 0 aliphatic carbocycles. The van der Waals surface area contributed by atoms with Gasteiger partial charge in [-0.3, -0.25) is 4.99 Å². The molecule has 8 nitrogen and oxygen atoms in total. The molecule has 33 heavy (non-hydrogen) atoms.